The van der Waals surface area contributed by atoms with Gasteiger partial charge < -0.3 is 11.1 Å². The van der Waals surface area contributed by atoms with Crippen LogP contribution >= 0.6 is 35.1 Å². The zero-order valence-corrected chi connectivity index (χ0v) is 8.44. The lowest BCUT2D eigenvalue weighted by atomic mass is 10.5. The van der Waals surface area contributed by atoms with Crippen molar-refractivity contribution >= 4 is 46.0 Å². The standard InChI is InChI=1S/C5H8IN3S/c1-2-3-4(9-6)8-5(7)10/h2-3H,1H3,(H3,7,8,9,10)/b3-2-. The molecule has 56 valence electrons. The van der Waals surface area contributed by atoms with Crippen LogP contribution in [0.4, 0.5) is 0 Å². The lowest BCUT2D eigenvalue weighted by Crippen LogP contribution is -2.33. The zero-order valence-electron chi connectivity index (χ0n) is 5.47. The number of nitrogens with zero attached hydrogens (tertiary/aromatic N) is 1. The van der Waals surface area contributed by atoms with Gasteiger partial charge in [-0.3, -0.25) is 0 Å². The first-order chi connectivity index (χ1) is 4.70. The van der Waals surface area contributed by atoms with E-state index in [1.807, 2.05) is 35.9 Å². The van der Waals surface area contributed by atoms with E-state index in [9.17, 15) is 0 Å². The monoisotopic (exact) mass is 269 g/mol. The minimum atomic E-state index is 0.230. The van der Waals surface area contributed by atoms with Crippen LogP contribution in [0.1, 0.15) is 6.92 Å². The largest absolute Gasteiger partial charge is 0.376 e. The molecule has 0 atom stereocenters. The molecule has 0 spiro atoms. The summed E-state index contributed by atoms with van der Waals surface area (Å²) in [6.45, 7) is 1.89. The van der Waals surface area contributed by atoms with Crippen molar-refractivity contribution in [2.24, 2.45) is 8.94 Å². The van der Waals surface area contributed by atoms with Gasteiger partial charge in [-0.2, -0.15) is 3.21 Å². The molecule has 0 saturated heterocycles. The quantitative estimate of drug-likeness (QED) is 0.325. The molecule has 0 amide bonds. The number of nitrogens with two attached hydrogens (primary N) is 1. The Labute approximate surface area is 79.3 Å². The number of hydrogen-bond acceptors (Lipinski definition) is 2. The van der Waals surface area contributed by atoms with Gasteiger partial charge in [0.05, 0.1) is 22.9 Å². The van der Waals surface area contributed by atoms with E-state index in [0.717, 1.165) is 0 Å². The van der Waals surface area contributed by atoms with Crippen LogP contribution in [0.3, 0.4) is 0 Å². The molecule has 0 rings (SSSR count). The summed E-state index contributed by atoms with van der Waals surface area (Å²) in [5.41, 5.74) is 5.20. The second kappa shape index (κ2) is 5.60. The Morgan fingerprint density at radius 1 is 1.80 bits per heavy atom. The number of halogens is 1. The van der Waals surface area contributed by atoms with Gasteiger partial charge in [-0.25, -0.2) is 0 Å². The number of allylic oxidation sites excluding steroid dienone is 1. The number of thiocarbonyl (C=S) groups is 1. The van der Waals surface area contributed by atoms with Crippen molar-refractivity contribution in [1.82, 2.24) is 5.32 Å². The van der Waals surface area contributed by atoms with Crippen LogP contribution in [0.15, 0.2) is 15.4 Å². The Kier molecular flexibility index (Phi) is 5.51. The average Bonchev–Trinajstić information content (AvgIpc) is 1.86. The van der Waals surface area contributed by atoms with Gasteiger partial charge in [0.15, 0.2) is 5.11 Å². The number of amidine groups is 1. The first kappa shape index (κ1) is 9.83. The molecular weight excluding hydrogens is 261 g/mol. The molecule has 0 aliphatic heterocycles. The molecule has 0 bridgehead atoms. The van der Waals surface area contributed by atoms with Crippen LogP contribution in [0.25, 0.3) is 0 Å². The number of rotatable bonds is 1. The molecule has 0 heterocycles. The zero-order chi connectivity index (χ0) is 7.98. The molecule has 5 heteroatoms. The van der Waals surface area contributed by atoms with Crippen molar-refractivity contribution < 1.29 is 0 Å². The lowest BCUT2D eigenvalue weighted by molar-refractivity contribution is 1.37. The SMILES string of the molecule is C/C=C\C(=NI)NC(N)=S. The minimum Gasteiger partial charge on any atom is -0.376 e. The van der Waals surface area contributed by atoms with E-state index in [2.05, 4.69) is 20.7 Å². The summed E-state index contributed by atoms with van der Waals surface area (Å²) >= 11 is 6.47. The Bertz CT molecular complexity index is 176. The van der Waals surface area contributed by atoms with E-state index >= 15 is 0 Å². The molecule has 0 aromatic heterocycles. The summed E-state index contributed by atoms with van der Waals surface area (Å²) in [6.07, 6.45) is 3.63. The van der Waals surface area contributed by atoms with Gasteiger partial charge in [-0.15, -0.1) is 0 Å². The Balaban J connectivity index is 3.98. The molecular formula is C5H8IN3S. The predicted molar refractivity (Wildman–Crippen MR) is 56.2 cm³/mol. The van der Waals surface area contributed by atoms with Gasteiger partial charge in [0.2, 0.25) is 0 Å². The molecule has 0 aliphatic rings. The maximum absolute atomic E-state index is 5.20. The first-order valence-corrected chi connectivity index (χ1v) is 3.96. The van der Waals surface area contributed by atoms with E-state index in [4.69, 9.17) is 5.73 Å². The Morgan fingerprint density at radius 3 is 2.70 bits per heavy atom. The van der Waals surface area contributed by atoms with Crippen molar-refractivity contribution in [3.63, 3.8) is 0 Å². The van der Waals surface area contributed by atoms with E-state index < -0.39 is 0 Å². The molecule has 0 fully saturated rings. The summed E-state index contributed by atoms with van der Waals surface area (Å²) in [5, 5.41) is 2.93. The summed E-state index contributed by atoms with van der Waals surface area (Å²) < 4.78 is 3.84. The third-order valence-electron chi connectivity index (χ3n) is 0.667. The molecule has 10 heavy (non-hydrogen) atoms. The van der Waals surface area contributed by atoms with Gasteiger partial charge in [-0.1, -0.05) is 6.08 Å². The predicted octanol–water partition coefficient (Wildman–Crippen LogP) is 1.14. The van der Waals surface area contributed by atoms with Gasteiger partial charge in [-0.05, 0) is 25.2 Å². The Morgan fingerprint density at radius 2 is 2.40 bits per heavy atom. The molecule has 0 aromatic rings. The topological polar surface area (TPSA) is 50.4 Å². The molecule has 3 nitrogen and oxygen atoms in total. The van der Waals surface area contributed by atoms with E-state index in [1.165, 1.54) is 0 Å². The summed E-state index contributed by atoms with van der Waals surface area (Å²) in [6, 6.07) is 0. The maximum Gasteiger partial charge on any atom is 0.169 e. The van der Waals surface area contributed by atoms with Gasteiger partial charge in [0.1, 0.15) is 5.84 Å². The van der Waals surface area contributed by atoms with Crippen LogP contribution in [0.5, 0.6) is 0 Å². The van der Waals surface area contributed by atoms with Crippen LogP contribution in [-0.4, -0.2) is 10.9 Å². The summed E-state index contributed by atoms with van der Waals surface area (Å²) in [7, 11) is 0. The van der Waals surface area contributed by atoms with Crippen LogP contribution in [-0.2, 0) is 0 Å². The second-order valence-corrected chi connectivity index (χ2v) is 2.38. The third kappa shape index (κ3) is 4.68. The van der Waals surface area contributed by atoms with Crippen molar-refractivity contribution in [2.45, 2.75) is 6.92 Å². The molecule has 0 unspecified atom stereocenters. The van der Waals surface area contributed by atoms with Crippen LogP contribution in [0, 0.1) is 0 Å². The highest BCUT2D eigenvalue weighted by Gasteiger charge is 1.90. The van der Waals surface area contributed by atoms with Crippen molar-refractivity contribution in [2.75, 3.05) is 0 Å². The fraction of sp³-hybridized carbons (Fsp3) is 0.200. The molecule has 3 N–H and O–H groups in total. The van der Waals surface area contributed by atoms with Crippen molar-refractivity contribution in [1.29, 1.82) is 0 Å². The van der Waals surface area contributed by atoms with Gasteiger partial charge in [0.25, 0.3) is 0 Å². The molecule has 0 saturated carbocycles. The number of hydrogen-bond donors (Lipinski definition) is 2. The third-order valence-corrected chi connectivity index (χ3v) is 1.29. The van der Waals surface area contributed by atoms with Crippen LogP contribution in [0.2, 0.25) is 0 Å². The molecule has 0 aliphatic carbocycles. The summed E-state index contributed by atoms with van der Waals surface area (Å²) in [5.74, 6) is 0.663. The maximum atomic E-state index is 5.20. The van der Waals surface area contributed by atoms with E-state index in [1.54, 1.807) is 6.08 Å². The molecule has 0 radical (unpaired) electrons. The highest BCUT2D eigenvalue weighted by molar-refractivity contribution is 14.1. The minimum absolute atomic E-state index is 0.230. The van der Waals surface area contributed by atoms with Gasteiger partial charge >= 0.3 is 0 Å². The van der Waals surface area contributed by atoms with Gasteiger partial charge in [0, 0.05) is 0 Å². The highest BCUT2D eigenvalue weighted by Crippen LogP contribution is 1.86. The second-order valence-electron chi connectivity index (χ2n) is 1.46. The number of nitrogens with one attached hydrogen (secondary N) is 1. The molecule has 0 aromatic carbocycles. The Hall–Kier alpha value is -0.170. The highest BCUT2D eigenvalue weighted by atomic mass is 127. The smallest absolute Gasteiger partial charge is 0.169 e. The van der Waals surface area contributed by atoms with E-state index in [0.29, 0.717) is 5.84 Å². The summed E-state index contributed by atoms with van der Waals surface area (Å²) in [4.78, 5) is 0. The van der Waals surface area contributed by atoms with E-state index in [-0.39, 0.29) is 5.11 Å². The average molecular weight is 269 g/mol. The first-order valence-electron chi connectivity index (χ1n) is 2.58. The lowest BCUT2D eigenvalue weighted by Gasteiger charge is -1.99. The van der Waals surface area contributed by atoms with Crippen molar-refractivity contribution in [3.05, 3.63) is 12.2 Å². The normalized spacial score (nSPS) is 12.0. The fourth-order valence-corrected chi connectivity index (χ4v) is 0.761. The van der Waals surface area contributed by atoms with Crippen molar-refractivity contribution in [3.8, 4) is 0 Å². The van der Waals surface area contributed by atoms with Crippen LogP contribution < -0.4 is 11.1 Å². The fourth-order valence-electron chi connectivity index (χ4n) is 0.375.